The number of rotatable bonds is 8. The number of carbonyl (C=O) groups excluding carboxylic acids is 1. The summed E-state index contributed by atoms with van der Waals surface area (Å²) in [5.74, 6) is 1.13. The normalized spacial score (nSPS) is 18.1. The van der Waals surface area contributed by atoms with Crippen molar-refractivity contribution in [1.29, 1.82) is 0 Å². The fourth-order valence-corrected chi connectivity index (χ4v) is 6.00. The first-order chi connectivity index (χ1) is 20.4. The molecule has 0 spiro atoms. The molecule has 2 aliphatic rings. The SMILES string of the molecule is O=C(Oc1ccc(Cl)cc1)N1CCc2c([nH]c3ccc(Cl)cc23)[C@@H]1c1ccc(OCCC(O)CN2CCOCC2)cc1. The van der Waals surface area contributed by atoms with Crippen LogP contribution >= 0.6 is 23.2 Å². The summed E-state index contributed by atoms with van der Waals surface area (Å²) in [6, 6.07) is 19.9. The number of aromatic nitrogens is 1. The molecule has 6 rings (SSSR count). The van der Waals surface area contributed by atoms with E-state index in [1.165, 1.54) is 0 Å². The summed E-state index contributed by atoms with van der Waals surface area (Å²) >= 11 is 12.3. The van der Waals surface area contributed by atoms with Gasteiger partial charge in [-0.25, -0.2) is 4.79 Å². The monoisotopic (exact) mass is 609 g/mol. The molecule has 8 nitrogen and oxygen atoms in total. The lowest BCUT2D eigenvalue weighted by atomic mass is 9.92. The number of ether oxygens (including phenoxy) is 3. The first kappa shape index (κ1) is 28.8. The molecule has 220 valence electrons. The van der Waals surface area contributed by atoms with Gasteiger partial charge in [0.1, 0.15) is 17.5 Å². The maximum atomic E-state index is 13.5. The van der Waals surface area contributed by atoms with Crippen LogP contribution in [0.1, 0.15) is 29.3 Å². The molecule has 0 aliphatic carbocycles. The number of aromatic amines is 1. The Morgan fingerprint density at radius 2 is 1.69 bits per heavy atom. The number of halogens is 2. The molecule has 1 fully saturated rings. The van der Waals surface area contributed by atoms with Crippen molar-refractivity contribution in [2.45, 2.75) is 25.0 Å². The van der Waals surface area contributed by atoms with Gasteiger partial charge in [-0.3, -0.25) is 9.80 Å². The van der Waals surface area contributed by atoms with Crippen LogP contribution < -0.4 is 9.47 Å². The van der Waals surface area contributed by atoms with Gasteiger partial charge in [-0.05, 0) is 72.1 Å². The number of amides is 1. The Morgan fingerprint density at radius 3 is 2.45 bits per heavy atom. The highest BCUT2D eigenvalue weighted by molar-refractivity contribution is 6.31. The highest BCUT2D eigenvalue weighted by Gasteiger charge is 2.36. The van der Waals surface area contributed by atoms with Crippen LogP contribution in [-0.2, 0) is 11.2 Å². The van der Waals surface area contributed by atoms with Gasteiger partial charge in [0.25, 0.3) is 0 Å². The van der Waals surface area contributed by atoms with E-state index >= 15 is 0 Å². The predicted molar refractivity (Wildman–Crippen MR) is 163 cm³/mol. The third-order valence-electron chi connectivity index (χ3n) is 7.83. The smallest absolute Gasteiger partial charge is 0.416 e. The highest BCUT2D eigenvalue weighted by atomic mass is 35.5. The molecule has 2 aliphatic heterocycles. The van der Waals surface area contributed by atoms with Gasteiger partial charge in [-0.1, -0.05) is 35.3 Å². The third kappa shape index (κ3) is 6.53. The van der Waals surface area contributed by atoms with Crippen LogP contribution in [0.2, 0.25) is 10.0 Å². The van der Waals surface area contributed by atoms with Crippen molar-refractivity contribution < 1.29 is 24.1 Å². The summed E-state index contributed by atoms with van der Waals surface area (Å²) in [6.07, 6.45) is 0.293. The fraction of sp³-hybridized carbons (Fsp3) is 0.344. The van der Waals surface area contributed by atoms with Gasteiger partial charge in [-0.2, -0.15) is 0 Å². The summed E-state index contributed by atoms with van der Waals surface area (Å²) in [6.45, 7) is 4.60. The number of morpholine rings is 1. The first-order valence-corrected chi connectivity index (χ1v) is 14.9. The molecule has 1 amide bonds. The number of H-pyrrole nitrogens is 1. The number of benzene rings is 3. The largest absolute Gasteiger partial charge is 0.493 e. The van der Waals surface area contributed by atoms with E-state index in [9.17, 15) is 9.90 Å². The van der Waals surface area contributed by atoms with E-state index in [0.29, 0.717) is 67.3 Å². The Kier molecular flexibility index (Phi) is 8.88. The summed E-state index contributed by atoms with van der Waals surface area (Å²) in [5, 5.41) is 12.7. The van der Waals surface area contributed by atoms with E-state index in [1.54, 1.807) is 29.2 Å². The number of nitrogens with zero attached hydrogens (tertiary/aromatic N) is 2. The fourth-order valence-electron chi connectivity index (χ4n) is 5.70. The number of hydrogen-bond donors (Lipinski definition) is 2. The minimum absolute atomic E-state index is 0.399. The number of carbonyl (C=O) groups is 1. The quantitative estimate of drug-likeness (QED) is 0.252. The number of β-amino-alcohol motifs (C(OH)–C–C–N with tert-alkyl or cyclic N) is 1. The van der Waals surface area contributed by atoms with Crippen molar-refractivity contribution in [2.75, 3.05) is 46.0 Å². The molecule has 3 heterocycles. The molecule has 2 N–H and O–H groups in total. The second-order valence-electron chi connectivity index (χ2n) is 10.6. The molecule has 2 atom stereocenters. The number of hydrogen-bond acceptors (Lipinski definition) is 6. The van der Waals surface area contributed by atoms with E-state index in [0.717, 1.165) is 40.8 Å². The molecule has 3 aromatic carbocycles. The van der Waals surface area contributed by atoms with E-state index in [1.807, 2.05) is 42.5 Å². The maximum Gasteiger partial charge on any atom is 0.416 e. The minimum atomic E-state index is -0.459. The Hall–Kier alpha value is -3.27. The second kappa shape index (κ2) is 12.9. The van der Waals surface area contributed by atoms with Gasteiger partial charge in [0.2, 0.25) is 0 Å². The number of aliphatic hydroxyl groups is 1. The lowest BCUT2D eigenvalue weighted by Crippen LogP contribution is -2.42. The number of aliphatic hydroxyl groups excluding tert-OH is 1. The summed E-state index contributed by atoms with van der Waals surface area (Å²) in [4.78, 5) is 21.0. The molecule has 1 saturated heterocycles. The van der Waals surface area contributed by atoms with Crippen LogP contribution in [0.4, 0.5) is 4.79 Å². The molecule has 42 heavy (non-hydrogen) atoms. The molecule has 0 radical (unpaired) electrons. The topological polar surface area (TPSA) is 87.3 Å². The van der Waals surface area contributed by atoms with E-state index < -0.39 is 18.2 Å². The lowest BCUT2D eigenvalue weighted by molar-refractivity contribution is 0.0108. The molecular weight excluding hydrogens is 577 g/mol. The summed E-state index contributed by atoms with van der Waals surface area (Å²) < 4.78 is 17.1. The van der Waals surface area contributed by atoms with Gasteiger partial charge in [0, 0.05) is 59.2 Å². The predicted octanol–water partition coefficient (Wildman–Crippen LogP) is 6.08. The zero-order chi connectivity index (χ0) is 29.1. The van der Waals surface area contributed by atoms with Crippen molar-refractivity contribution in [2.24, 2.45) is 0 Å². The minimum Gasteiger partial charge on any atom is -0.493 e. The molecule has 1 aromatic heterocycles. The van der Waals surface area contributed by atoms with Crippen LogP contribution in [0.5, 0.6) is 11.5 Å². The standard InChI is InChI=1S/C32H33Cl2N3O5/c33-22-3-8-26(9-4-22)42-32(39)37-13-11-27-28-19-23(34)5-10-29(28)35-30(27)31(37)21-1-6-25(7-2-21)41-16-12-24(38)20-36-14-17-40-18-15-36/h1-10,19,24,31,35,38H,11-18,20H2/t24?,31-/m0/s1. The van der Waals surface area contributed by atoms with Crippen LogP contribution in [0.15, 0.2) is 66.7 Å². The van der Waals surface area contributed by atoms with Gasteiger partial charge >= 0.3 is 6.09 Å². The van der Waals surface area contributed by atoms with Gasteiger partial charge in [0.15, 0.2) is 0 Å². The summed E-state index contributed by atoms with van der Waals surface area (Å²) in [7, 11) is 0. The van der Waals surface area contributed by atoms with Crippen molar-refractivity contribution in [3.8, 4) is 11.5 Å². The van der Waals surface area contributed by atoms with Crippen LogP contribution in [0.3, 0.4) is 0 Å². The highest BCUT2D eigenvalue weighted by Crippen LogP contribution is 2.40. The van der Waals surface area contributed by atoms with Gasteiger partial charge < -0.3 is 24.3 Å². The maximum absolute atomic E-state index is 13.5. The van der Waals surface area contributed by atoms with Gasteiger partial charge in [0.05, 0.1) is 25.9 Å². The third-order valence-corrected chi connectivity index (χ3v) is 8.32. The number of nitrogens with one attached hydrogen (secondary N) is 1. The molecule has 0 bridgehead atoms. The van der Waals surface area contributed by atoms with E-state index in [2.05, 4.69) is 9.88 Å². The lowest BCUT2D eigenvalue weighted by Gasteiger charge is -2.35. The zero-order valence-electron chi connectivity index (χ0n) is 23.1. The Morgan fingerprint density at radius 1 is 0.976 bits per heavy atom. The molecule has 1 unspecified atom stereocenters. The zero-order valence-corrected chi connectivity index (χ0v) is 24.6. The molecule has 4 aromatic rings. The average molecular weight is 611 g/mol. The average Bonchev–Trinajstić information content (AvgIpc) is 3.36. The molecular formula is C32H33Cl2N3O5. The molecule has 10 heteroatoms. The van der Waals surface area contributed by atoms with E-state index in [-0.39, 0.29) is 0 Å². The van der Waals surface area contributed by atoms with Crippen LogP contribution in [0.25, 0.3) is 10.9 Å². The Bertz CT molecular complexity index is 1520. The number of fused-ring (bicyclic) bond motifs is 3. The second-order valence-corrected chi connectivity index (χ2v) is 11.5. The van der Waals surface area contributed by atoms with Crippen LogP contribution in [0, 0.1) is 0 Å². The summed E-state index contributed by atoms with van der Waals surface area (Å²) in [5.41, 5.74) is 3.97. The first-order valence-electron chi connectivity index (χ1n) is 14.2. The van der Waals surface area contributed by atoms with E-state index in [4.69, 9.17) is 37.4 Å². The van der Waals surface area contributed by atoms with Crippen molar-refractivity contribution in [3.05, 3.63) is 93.6 Å². The van der Waals surface area contributed by atoms with Crippen LogP contribution in [-0.4, -0.2) is 78.1 Å². The van der Waals surface area contributed by atoms with Crippen molar-refractivity contribution >= 4 is 40.2 Å². The van der Waals surface area contributed by atoms with Gasteiger partial charge in [-0.15, -0.1) is 0 Å². The van der Waals surface area contributed by atoms with Crippen molar-refractivity contribution in [3.63, 3.8) is 0 Å². The Labute approximate surface area is 254 Å². The van der Waals surface area contributed by atoms with Crippen molar-refractivity contribution in [1.82, 2.24) is 14.8 Å². The Balaban J connectivity index is 1.19. The molecule has 0 saturated carbocycles.